The Balaban J connectivity index is 1.91. The van der Waals surface area contributed by atoms with Gasteiger partial charge in [0.1, 0.15) is 5.82 Å². The van der Waals surface area contributed by atoms with Crippen LogP contribution in [0.1, 0.15) is 21.7 Å². The maximum atomic E-state index is 10.3. The maximum absolute atomic E-state index is 10.3. The van der Waals surface area contributed by atoms with Crippen molar-refractivity contribution in [3.63, 3.8) is 0 Å². The van der Waals surface area contributed by atoms with Gasteiger partial charge >= 0.3 is 0 Å². The second kappa shape index (κ2) is 4.79. The fourth-order valence-corrected chi connectivity index (χ4v) is 3.15. The molecule has 0 spiro atoms. The van der Waals surface area contributed by atoms with Gasteiger partial charge in [0.15, 0.2) is 0 Å². The highest BCUT2D eigenvalue weighted by molar-refractivity contribution is 7.12. The highest BCUT2D eigenvalue weighted by Gasteiger charge is 2.15. The summed E-state index contributed by atoms with van der Waals surface area (Å²) in [5, 5.41) is 10.3. The summed E-state index contributed by atoms with van der Waals surface area (Å²) in [6.07, 6.45) is 0.0692. The van der Waals surface area contributed by atoms with Crippen LogP contribution in [0.5, 0.6) is 0 Å². The molecule has 1 aromatic carbocycles. The van der Waals surface area contributed by atoms with Crippen LogP contribution in [0.3, 0.4) is 0 Å². The summed E-state index contributed by atoms with van der Waals surface area (Å²) in [5.41, 5.74) is 2.08. The zero-order valence-electron chi connectivity index (χ0n) is 11.0. The molecule has 0 aliphatic heterocycles. The van der Waals surface area contributed by atoms with Gasteiger partial charge in [0, 0.05) is 23.2 Å². The molecule has 19 heavy (non-hydrogen) atoms. The van der Waals surface area contributed by atoms with E-state index in [0.29, 0.717) is 6.42 Å². The van der Waals surface area contributed by atoms with Crippen LogP contribution in [0, 0.1) is 6.92 Å². The standard InChI is InChI=1S/C15H16N2OS/c1-10-7-8-14(19-10)13(18)9-15-16-11-5-3-4-6-12(11)17(15)2/h3-8,13,18H,9H2,1-2H3. The molecule has 3 rings (SSSR count). The molecule has 1 N–H and O–H groups in total. The van der Waals surface area contributed by atoms with Crippen LogP contribution in [0.25, 0.3) is 11.0 Å². The van der Waals surface area contributed by atoms with Crippen LogP contribution in [0.2, 0.25) is 0 Å². The molecule has 0 fully saturated rings. The lowest BCUT2D eigenvalue weighted by Gasteiger charge is -2.08. The highest BCUT2D eigenvalue weighted by atomic mass is 32.1. The number of nitrogens with zero attached hydrogens (tertiary/aromatic N) is 2. The molecule has 98 valence electrons. The summed E-state index contributed by atoms with van der Waals surface area (Å²) >= 11 is 1.64. The summed E-state index contributed by atoms with van der Waals surface area (Å²) in [4.78, 5) is 6.82. The van der Waals surface area contributed by atoms with E-state index >= 15 is 0 Å². The molecule has 0 radical (unpaired) electrons. The lowest BCUT2D eigenvalue weighted by Crippen LogP contribution is -2.05. The molecule has 0 aliphatic carbocycles. The average Bonchev–Trinajstić information content (AvgIpc) is 2.96. The molecule has 0 aliphatic rings. The van der Waals surface area contributed by atoms with Gasteiger partial charge in [-0.05, 0) is 31.2 Å². The molecular weight excluding hydrogens is 256 g/mol. The SMILES string of the molecule is Cc1ccc(C(O)Cc2nc3ccccc3n2C)s1. The number of rotatable bonds is 3. The first kappa shape index (κ1) is 12.4. The number of para-hydroxylation sites is 2. The predicted octanol–water partition coefficient (Wildman–Crippen LogP) is 3.22. The zero-order valence-corrected chi connectivity index (χ0v) is 11.8. The Bertz CT molecular complexity index is 714. The van der Waals surface area contributed by atoms with Gasteiger partial charge in [-0.25, -0.2) is 4.98 Å². The number of hydrogen-bond acceptors (Lipinski definition) is 3. The molecule has 0 amide bonds. The molecule has 3 aromatic rings. The van der Waals surface area contributed by atoms with Crippen LogP contribution in [-0.2, 0) is 13.5 Å². The van der Waals surface area contributed by atoms with Crippen LogP contribution in [-0.4, -0.2) is 14.7 Å². The first-order valence-corrected chi connectivity index (χ1v) is 7.11. The molecule has 1 unspecified atom stereocenters. The summed E-state index contributed by atoms with van der Waals surface area (Å²) in [7, 11) is 2.00. The lowest BCUT2D eigenvalue weighted by atomic mass is 10.2. The summed E-state index contributed by atoms with van der Waals surface area (Å²) in [6, 6.07) is 12.1. The van der Waals surface area contributed by atoms with Crippen LogP contribution in [0.15, 0.2) is 36.4 Å². The van der Waals surface area contributed by atoms with Gasteiger partial charge < -0.3 is 9.67 Å². The van der Waals surface area contributed by atoms with Crippen molar-refractivity contribution < 1.29 is 5.11 Å². The topological polar surface area (TPSA) is 38.1 Å². The van der Waals surface area contributed by atoms with Gasteiger partial charge in [-0.2, -0.15) is 0 Å². The predicted molar refractivity (Wildman–Crippen MR) is 78.4 cm³/mol. The quantitative estimate of drug-likeness (QED) is 0.795. The van der Waals surface area contributed by atoms with E-state index in [1.165, 1.54) is 4.88 Å². The molecule has 0 saturated heterocycles. The normalized spacial score (nSPS) is 13.0. The smallest absolute Gasteiger partial charge is 0.112 e. The lowest BCUT2D eigenvalue weighted by molar-refractivity contribution is 0.179. The number of benzene rings is 1. The van der Waals surface area contributed by atoms with Gasteiger partial charge in [0.25, 0.3) is 0 Å². The largest absolute Gasteiger partial charge is 0.387 e. The van der Waals surface area contributed by atoms with Gasteiger partial charge in [0.2, 0.25) is 0 Å². The Labute approximate surface area is 116 Å². The summed E-state index contributed by atoms with van der Waals surface area (Å²) < 4.78 is 2.05. The first-order chi connectivity index (χ1) is 9.15. The molecule has 0 saturated carbocycles. The zero-order chi connectivity index (χ0) is 13.4. The molecular formula is C15H16N2OS. The first-order valence-electron chi connectivity index (χ1n) is 6.30. The van der Waals surface area contributed by atoms with Gasteiger partial charge in [-0.3, -0.25) is 0 Å². The number of aliphatic hydroxyl groups excluding tert-OH is 1. The molecule has 0 bridgehead atoms. The average molecular weight is 272 g/mol. The van der Waals surface area contributed by atoms with Gasteiger partial charge in [-0.15, -0.1) is 11.3 Å². The van der Waals surface area contributed by atoms with Crippen molar-refractivity contribution >= 4 is 22.4 Å². The Hall–Kier alpha value is -1.65. The van der Waals surface area contributed by atoms with Crippen molar-refractivity contribution in [2.45, 2.75) is 19.4 Å². The van der Waals surface area contributed by atoms with E-state index in [2.05, 4.69) is 16.5 Å². The van der Waals surface area contributed by atoms with E-state index in [-0.39, 0.29) is 0 Å². The maximum Gasteiger partial charge on any atom is 0.112 e. The van der Waals surface area contributed by atoms with Crippen LogP contribution in [0.4, 0.5) is 0 Å². The molecule has 2 heterocycles. The number of imidazole rings is 1. The van der Waals surface area contributed by atoms with E-state index in [1.54, 1.807) is 11.3 Å². The van der Waals surface area contributed by atoms with Gasteiger partial charge in [-0.1, -0.05) is 12.1 Å². The van der Waals surface area contributed by atoms with Crippen LogP contribution < -0.4 is 0 Å². The fourth-order valence-electron chi connectivity index (χ4n) is 2.28. The van der Waals surface area contributed by atoms with E-state index in [0.717, 1.165) is 21.7 Å². The van der Waals surface area contributed by atoms with Gasteiger partial charge in [0.05, 0.1) is 17.1 Å². The Morgan fingerprint density at radius 3 is 2.74 bits per heavy atom. The van der Waals surface area contributed by atoms with Crippen molar-refractivity contribution in [3.05, 3.63) is 52.0 Å². The van der Waals surface area contributed by atoms with Crippen molar-refractivity contribution in [3.8, 4) is 0 Å². The van der Waals surface area contributed by atoms with Crippen LogP contribution >= 0.6 is 11.3 Å². The third-order valence-electron chi connectivity index (χ3n) is 3.35. The number of fused-ring (bicyclic) bond motifs is 1. The number of aliphatic hydroxyl groups is 1. The van der Waals surface area contributed by atoms with E-state index in [9.17, 15) is 5.11 Å². The minimum absolute atomic E-state index is 0.478. The summed E-state index contributed by atoms with van der Waals surface area (Å²) in [6.45, 7) is 2.05. The number of thiophene rings is 1. The number of hydrogen-bond donors (Lipinski definition) is 1. The molecule has 3 nitrogen and oxygen atoms in total. The molecule has 4 heteroatoms. The van der Waals surface area contributed by atoms with Crippen molar-refractivity contribution in [2.75, 3.05) is 0 Å². The second-order valence-corrected chi connectivity index (χ2v) is 6.06. The minimum Gasteiger partial charge on any atom is -0.387 e. The minimum atomic E-state index is -0.478. The fraction of sp³-hybridized carbons (Fsp3) is 0.267. The Morgan fingerprint density at radius 2 is 2.05 bits per heavy atom. The van der Waals surface area contributed by atoms with Crippen molar-refractivity contribution in [1.82, 2.24) is 9.55 Å². The third-order valence-corrected chi connectivity index (χ3v) is 4.45. The van der Waals surface area contributed by atoms with Crippen molar-refractivity contribution in [1.29, 1.82) is 0 Å². The monoisotopic (exact) mass is 272 g/mol. The Kier molecular flexibility index (Phi) is 3.12. The number of aromatic nitrogens is 2. The molecule has 2 aromatic heterocycles. The van der Waals surface area contributed by atoms with E-state index in [4.69, 9.17) is 0 Å². The number of aryl methyl sites for hydroxylation is 2. The van der Waals surface area contributed by atoms with Crippen molar-refractivity contribution in [2.24, 2.45) is 7.05 Å². The third kappa shape index (κ3) is 2.29. The van der Waals surface area contributed by atoms with E-state index in [1.807, 2.05) is 43.4 Å². The van der Waals surface area contributed by atoms with E-state index < -0.39 is 6.10 Å². The highest BCUT2D eigenvalue weighted by Crippen LogP contribution is 2.26. The Morgan fingerprint density at radius 1 is 1.26 bits per heavy atom. The summed E-state index contributed by atoms with van der Waals surface area (Å²) in [5.74, 6) is 0.916. The second-order valence-electron chi connectivity index (χ2n) is 4.74. The molecule has 1 atom stereocenters.